The van der Waals surface area contributed by atoms with Crippen molar-refractivity contribution in [3.05, 3.63) is 60.3 Å². The van der Waals surface area contributed by atoms with Gasteiger partial charge >= 0.3 is 0 Å². The van der Waals surface area contributed by atoms with Gasteiger partial charge in [-0.3, -0.25) is 9.59 Å². The highest BCUT2D eigenvalue weighted by molar-refractivity contribution is 6.31. The fourth-order valence-electron chi connectivity index (χ4n) is 3.65. The number of nitrogens with two attached hydrogens (primary N) is 1. The van der Waals surface area contributed by atoms with E-state index in [1.54, 1.807) is 6.20 Å². The molecule has 2 aromatic carbocycles. The Labute approximate surface area is 158 Å². The SMILES string of the molecule is NC(=O)C1CCCN(c2ccc(N/C=C3\C(=O)Nc4ccccc43)cc2)C1. The number of nitrogens with one attached hydrogen (secondary N) is 2. The van der Waals surface area contributed by atoms with Crippen molar-refractivity contribution in [3.63, 3.8) is 0 Å². The Morgan fingerprint density at radius 3 is 2.74 bits per heavy atom. The van der Waals surface area contributed by atoms with Gasteiger partial charge in [0.1, 0.15) is 0 Å². The van der Waals surface area contributed by atoms with E-state index >= 15 is 0 Å². The Morgan fingerprint density at radius 1 is 1.19 bits per heavy atom. The average molecular weight is 362 g/mol. The minimum atomic E-state index is -0.222. The highest BCUT2D eigenvalue weighted by Gasteiger charge is 2.24. The summed E-state index contributed by atoms with van der Waals surface area (Å²) in [4.78, 5) is 25.8. The van der Waals surface area contributed by atoms with E-state index in [1.807, 2.05) is 48.5 Å². The second-order valence-corrected chi connectivity index (χ2v) is 6.94. The van der Waals surface area contributed by atoms with Gasteiger partial charge in [-0.2, -0.15) is 0 Å². The van der Waals surface area contributed by atoms with Crippen molar-refractivity contribution in [1.29, 1.82) is 0 Å². The van der Waals surface area contributed by atoms with Crippen LogP contribution in [0.4, 0.5) is 17.1 Å². The first kappa shape index (κ1) is 17.1. The van der Waals surface area contributed by atoms with Crippen molar-refractivity contribution in [2.24, 2.45) is 11.7 Å². The molecule has 27 heavy (non-hydrogen) atoms. The highest BCUT2D eigenvalue weighted by Crippen LogP contribution is 2.31. The van der Waals surface area contributed by atoms with Gasteiger partial charge in [-0.05, 0) is 43.2 Å². The standard InChI is InChI=1S/C21H22N4O2/c22-20(26)14-4-3-11-25(13-14)16-9-7-15(8-10-16)23-12-18-17-5-1-2-6-19(17)24-21(18)27/h1-2,5-10,12,14,23H,3-4,11,13H2,(H2,22,26)(H,24,27)/b18-12-. The number of primary amides is 1. The topological polar surface area (TPSA) is 87.5 Å². The number of hydrogen-bond donors (Lipinski definition) is 3. The Bertz CT molecular complexity index is 905. The van der Waals surface area contributed by atoms with Crippen LogP contribution in [-0.2, 0) is 9.59 Å². The molecule has 2 heterocycles. The van der Waals surface area contributed by atoms with Crippen molar-refractivity contribution in [2.75, 3.05) is 28.6 Å². The summed E-state index contributed by atoms with van der Waals surface area (Å²) < 4.78 is 0. The molecule has 2 aromatic rings. The number of nitrogens with zero attached hydrogens (tertiary/aromatic N) is 1. The van der Waals surface area contributed by atoms with E-state index in [0.717, 1.165) is 42.0 Å². The molecule has 1 fully saturated rings. The van der Waals surface area contributed by atoms with Gasteiger partial charge in [0.2, 0.25) is 5.91 Å². The molecular weight excluding hydrogens is 340 g/mol. The molecule has 1 unspecified atom stereocenters. The maximum Gasteiger partial charge on any atom is 0.257 e. The minimum Gasteiger partial charge on any atom is -0.371 e. The molecule has 2 aliphatic rings. The number of fused-ring (bicyclic) bond motifs is 1. The zero-order chi connectivity index (χ0) is 18.8. The lowest BCUT2D eigenvalue weighted by Crippen LogP contribution is -2.41. The monoisotopic (exact) mass is 362 g/mol. The summed E-state index contributed by atoms with van der Waals surface area (Å²) in [5.74, 6) is -0.409. The second kappa shape index (κ2) is 7.15. The summed E-state index contributed by atoms with van der Waals surface area (Å²) in [6.45, 7) is 1.60. The molecule has 0 bridgehead atoms. The van der Waals surface area contributed by atoms with E-state index in [4.69, 9.17) is 5.73 Å². The lowest BCUT2D eigenvalue weighted by atomic mass is 9.97. The fourth-order valence-corrected chi connectivity index (χ4v) is 3.65. The smallest absolute Gasteiger partial charge is 0.257 e. The number of carbonyl (C=O) groups is 2. The van der Waals surface area contributed by atoms with E-state index in [9.17, 15) is 9.59 Å². The first-order valence-corrected chi connectivity index (χ1v) is 9.13. The molecule has 6 heteroatoms. The second-order valence-electron chi connectivity index (χ2n) is 6.94. The molecule has 1 saturated heterocycles. The van der Waals surface area contributed by atoms with E-state index < -0.39 is 0 Å². The maximum atomic E-state index is 12.1. The van der Waals surface area contributed by atoms with Crippen LogP contribution in [0.2, 0.25) is 0 Å². The third kappa shape index (κ3) is 3.51. The van der Waals surface area contributed by atoms with Crippen LogP contribution in [0.1, 0.15) is 18.4 Å². The van der Waals surface area contributed by atoms with Crippen LogP contribution in [0.5, 0.6) is 0 Å². The molecule has 0 saturated carbocycles. The van der Waals surface area contributed by atoms with Crippen molar-refractivity contribution >= 4 is 34.4 Å². The molecule has 1 atom stereocenters. The Kier molecular flexibility index (Phi) is 4.54. The van der Waals surface area contributed by atoms with Gasteiger partial charge in [0, 0.05) is 41.9 Å². The van der Waals surface area contributed by atoms with E-state index in [-0.39, 0.29) is 17.7 Å². The molecule has 4 rings (SSSR count). The molecule has 4 N–H and O–H groups in total. The lowest BCUT2D eigenvalue weighted by molar-refractivity contribution is -0.122. The number of carbonyl (C=O) groups excluding carboxylic acids is 2. The lowest BCUT2D eigenvalue weighted by Gasteiger charge is -2.33. The van der Waals surface area contributed by atoms with Crippen molar-refractivity contribution < 1.29 is 9.59 Å². The average Bonchev–Trinajstić information content (AvgIpc) is 3.02. The maximum absolute atomic E-state index is 12.1. The molecule has 0 radical (unpaired) electrons. The number of rotatable bonds is 4. The van der Waals surface area contributed by atoms with Crippen LogP contribution >= 0.6 is 0 Å². The molecular formula is C21H22N4O2. The quantitative estimate of drug-likeness (QED) is 0.730. The van der Waals surface area contributed by atoms with Crippen LogP contribution in [-0.4, -0.2) is 24.9 Å². The number of hydrogen-bond acceptors (Lipinski definition) is 4. The number of amides is 2. The minimum absolute atomic E-state index is 0.0813. The Hall–Kier alpha value is -3.28. The molecule has 2 aliphatic heterocycles. The molecule has 0 aromatic heterocycles. The summed E-state index contributed by atoms with van der Waals surface area (Å²) in [5.41, 5.74) is 9.78. The van der Waals surface area contributed by atoms with Gasteiger partial charge < -0.3 is 21.3 Å². The van der Waals surface area contributed by atoms with Crippen molar-refractivity contribution in [2.45, 2.75) is 12.8 Å². The van der Waals surface area contributed by atoms with Crippen LogP contribution in [0.25, 0.3) is 5.57 Å². The summed E-state index contributed by atoms with van der Waals surface area (Å²) in [6.07, 6.45) is 3.57. The van der Waals surface area contributed by atoms with Gasteiger partial charge in [-0.15, -0.1) is 0 Å². The normalized spacial score (nSPS) is 20.3. The predicted molar refractivity (Wildman–Crippen MR) is 107 cm³/mol. The third-order valence-electron chi connectivity index (χ3n) is 5.15. The van der Waals surface area contributed by atoms with Crippen LogP contribution in [0.3, 0.4) is 0 Å². The number of benzene rings is 2. The molecule has 6 nitrogen and oxygen atoms in total. The van der Waals surface area contributed by atoms with Gasteiger partial charge in [0.05, 0.1) is 11.5 Å². The summed E-state index contributed by atoms with van der Waals surface area (Å²) in [5, 5.41) is 6.06. The zero-order valence-corrected chi connectivity index (χ0v) is 14.9. The van der Waals surface area contributed by atoms with Crippen molar-refractivity contribution in [1.82, 2.24) is 0 Å². The molecule has 2 amide bonds. The van der Waals surface area contributed by atoms with Crippen molar-refractivity contribution in [3.8, 4) is 0 Å². The van der Waals surface area contributed by atoms with Crippen LogP contribution < -0.4 is 21.3 Å². The third-order valence-corrected chi connectivity index (χ3v) is 5.15. The first-order chi connectivity index (χ1) is 13.1. The number of para-hydroxylation sites is 1. The molecule has 0 spiro atoms. The van der Waals surface area contributed by atoms with Gasteiger partial charge in [-0.1, -0.05) is 18.2 Å². The van der Waals surface area contributed by atoms with Crippen LogP contribution in [0.15, 0.2) is 54.7 Å². The van der Waals surface area contributed by atoms with E-state index in [0.29, 0.717) is 12.1 Å². The molecule has 138 valence electrons. The predicted octanol–water partition coefficient (Wildman–Crippen LogP) is 2.79. The summed E-state index contributed by atoms with van der Waals surface area (Å²) >= 11 is 0. The number of anilines is 3. The fraction of sp³-hybridized carbons (Fsp3) is 0.238. The Morgan fingerprint density at radius 2 is 1.96 bits per heavy atom. The summed E-state index contributed by atoms with van der Waals surface area (Å²) in [7, 11) is 0. The largest absolute Gasteiger partial charge is 0.371 e. The van der Waals surface area contributed by atoms with Gasteiger partial charge in [-0.25, -0.2) is 0 Å². The van der Waals surface area contributed by atoms with E-state index in [2.05, 4.69) is 15.5 Å². The zero-order valence-electron chi connectivity index (χ0n) is 14.9. The first-order valence-electron chi connectivity index (χ1n) is 9.13. The van der Waals surface area contributed by atoms with Gasteiger partial charge in [0.15, 0.2) is 0 Å². The number of piperidine rings is 1. The van der Waals surface area contributed by atoms with Gasteiger partial charge in [0.25, 0.3) is 5.91 Å². The Balaban J connectivity index is 1.46. The van der Waals surface area contributed by atoms with Crippen LogP contribution in [0, 0.1) is 5.92 Å². The molecule has 0 aliphatic carbocycles. The summed E-state index contributed by atoms with van der Waals surface area (Å²) in [6, 6.07) is 15.6. The van der Waals surface area contributed by atoms with E-state index in [1.165, 1.54) is 0 Å². The highest BCUT2D eigenvalue weighted by atomic mass is 16.2.